The first-order valence-corrected chi connectivity index (χ1v) is 7.37. The first-order chi connectivity index (χ1) is 8.99. The largest absolute Gasteiger partial charge is 0.168 e. The summed E-state index contributed by atoms with van der Waals surface area (Å²) in [6.07, 6.45) is 0. The lowest BCUT2D eigenvalue weighted by Gasteiger charge is -1.90. The molecule has 0 radical (unpaired) electrons. The summed E-state index contributed by atoms with van der Waals surface area (Å²) in [7, 11) is 1.25. The van der Waals surface area contributed by atoms with Gasteiger partial charge in [-0.25, -0.2) is 0 Å². The van der Waals surface area contributed by atoms with Crippen molar-refractivity contribution < 1.29 is 0 Å². The molecule has 0 spiro atoms. The molecular formula is C18H24S. The maximum atomic E-state index is 3.29. The Bertz CT molecular complexity index is 401. The van der Waals surface area contributed by atoms with E-state index in [2.05, 4.69) is 88.0 Å². The van der Waals surface area contributed by atoms with Crippen molar-refractivity contribution >= 4 is 22.7 Å². The van der Waals surface area contributed by atoms with Crippen molar-refractivity contribution in [1.82, 2.24) is 0 Å². The van der Waals surface area contributed by atoms with Gasteiger partial charge in [-0.2, -0.15) is 10.9 Å². The predicted molar refractivity (Wildman–Crippen MR) is 93.7 cm³/mol. The Balaban J connectivity index is 0.000000284. The van der Waals surface area contributed by atoms with E-state index in [0.717, 1.165) is 0 Å². The maximum absolute atomic E-state index is 3.29. The zero-order chi connectivity index (χ0) is 14.7. The van der Waals surface area contributed by atoms with E-state index in [-0.39, 0.29) is 0 Å². The van der Waals surface area contributed by atoms with E-state index in [9.17, 15) is 0 Å². The molecule has 2 aromatic rings. The van der Waals surface area contributed by atoms with Gasteiger partial charge in [0, 0.05) is 0 Å². The Kier molecular flexibility index (Phi) is 9.46. The van der Waals surface area contributed by atoms with Crippen molar-refractivity contribution in [3.63, 3.8) is 0 Å². The molecule has 0 atom stereocenters. The van der Waals surface area contributed by atoms with E-state index < -0.39 is 0 Å². The van der Waals surface area contributed by atoms with Crippen molar-refractivity contribution in [2.45, 2.75) is 27.7 Å². The molecule has 0 aliphatic rings. The van der Waals surface area contributed by atoms with Crippen LogP contribution in [0.25, 0.3) is 0 Å². The summed E-state index contributed by atoms with van der Waals surface area (Å²) in [5.74, 6) is 6.58. The molecule has 19 heavy (non-hydrogen) atoms. The Labute approximate surface area is 121 Å². The zero-order valence-corrected chi connectivity index (χ0v) is 13.3. The van der Waals surface area contributed by atoms with E-state index in [1.165, 1.54) is 33.2 Å². The normalized spacial score (nSPS) is 8.42. The van der Waals surface area contributed by atoms with Crippen LogP contribution >= 0.6 is 10.9 Å². The lowest BCUT2D eigenvalue weighted by atomic mass is 10.2. The Morgan fingerprint density at radius 1 is 0.526 bits per heavy atom. The monoisotopic (exact) mass is 272 g/mol. The Morgan fingerprint density at radius 2 is 0.632 bits per heavy atom. The third-order valence-corrected chi connectivity index (χ3v) is 2.44. The fourth-order valence-corrected chi connectivity index (χ4v) is 1.27. The molecule has 0 N–H and O–H groups in total. The third-order valence-electron chi connectivity index (χ3n) is 2.44. The van der Waals surface area contributed by atoms with E-state index in [4.69, 9.17) is 0 Å². The predicted octanol–water partition coefficient (Wildman–Crippen LogP) is 5.19. The summed E-state index contributed by atoms with van der Waals surface area (Å²) < 4.78 is 0. The van der Waals surface area contributed by atoms with Crippen molar-refractivity contribution in [1.29, 1.82) is 0 Å². The van der Waals surface area contributed by atoms with Crippen LogP contribution in [0.2, 0.25) is 0 Å². The molecule has 0 amide bonds. The van der Waals surface area contributed by atoms with Gasteiger partial charge in [-0.3, -0.25) is 0 Å². The molecule has 0 fully saturated rings. The number of aryl methyl sites for hydroxylation is 4. The highest BCUT2D eigenvalue weighted by atomic mass is 32.1. The van der Waals surface area contributed by atoms with Crippen LogP contribution in [0.1, 0.15) is 22.3 Å². The van der Waals surface area contributed by atoms with Crippen LogP contribution in [-0.4, -0.2) is 11.7 Å². The van der Waals surface area contributed by atoms with Gasteiger partial charge in [-0.1, -0.05) is 70.8 Å². The molecule has 0 aromatic heterocycles. The number of hydrogen-bond acceptors (Lipinski definition) is 0. The van der Waals surface area contributed by atoms with Crippen molar-refractivity contribution in [3.05, 3.63) is 70.8 Å². The fraction of sp³-hybridized carbons (Fsp3) is 0.222. The van der Waals surface area contributed by atoms with E-state index in [1.807, 2.05) is 0 Å². The van der Waals surface area contributed by atoms with Gasteiger partial charge in [0.25, 0.3) is 0 Å². The summed E-state index contributed by atoms with van der Waals surface area (Å²) in [4.78, 5) is 0. The van der Waals surface area contributed by atoms with Gasteiger partial charge in [-0.05, 0) is 39.4 Å². The average Bonchev–Trinajstić information content (AvgIpc) is 2.38. The van der Waals surface area contributed by atoms with Crippen molar-refractivity contribution in [2.24, 2.45) is 0 Å². The van der Waals surface area contributed by atoms with Gasteiger partial charge in [0.05, 0.1) is 0 Å². The maximum Gasteiger partial charge on any atom is -0.0398 e. The van der Waals surface area contributed by atoms with Gasteiger partial charge < -0.3 is 0 Å². The van der Waals surface area contributed by atoms with Gasteiger partial charge in [0.1, 0.15) is 0 Å². The lowest BCUT2D eigenvalue weighted by molar-refractivity contribution is 1.40. The van der Waals surface area contributed by atoms with E-state index in [1.54, 1.807) is 0 Å². The molecule has 1 heteroatoms. The quantitative estimate of drug-likeness (QED) is 0.579. The standard InChI is InChI=1S/2C8H10.C2H4S/c2*1-7-3-5-8(2)6-4-7;1-3-2/h2*3-6H,1-2H3;1-2H2. The fourth-order valence-electron chi connectivity index (χ4n) is 1.27. The molecular weight excluding hydrogens is 248 g/mol. The number of hydrogen-bond donors (Lipinski definition) is 0. The Hall–Kier alpha value is -1.60. The van der Waals surface area contributed by atoms with Crippen LogP contribution in [0.3, 0.4) is 0 Å². The molecule has 0 heterocycles. The molecule has 2 rings (SSSR count). The highest BCUT2D eigenvalue weighted by Crippen LogP contribution is 2.00. The minimum Gasteiger partial charge on any atom is -0.168 e. The summed E-state index contributed by atoms with van der Waals surface area (Å²) in [6, 6.07) is 17.0. The van der Waals surface area contributed by atoms with Crippen molar-refractivity contribution in [2.75, 3.05) is 0 Å². The second kappa shape index (κ2) is 10.3. The highest BCUT2D eigenvalue weighted by molar-refractivity contribution is 7.93. The second-order valence-corrected chi connectivity index (χ2v) is 4.92. The van der Waals surface area contributed by atoms with E-state index in [0.29, 0.717) is 0 Å². The molecule has 0 unspecified atom stereocenters. The van der Waals surface area contributed by atoms with Gasteiger partial charge >= 0.3 is 0 Å². The Morgan fingerprint density at radius 3 is 0.737 bits per heavy atom. The van der Waals surface area contributed by atoms with Gasteiger partial charge in [0.15, 0.2) is 0 Å². The van der Waals surface area contributed by atoms with Crippen LogP contribution in [0, 0.1) is 27.7 Å². The van der Waals surface area contributed by atoms with Crippen LogP contribution < -0.4 is 0 Å². The molecule has 102 valence electrons. The highest BCUT2D eigenvalue weighted by Gasteiger charge is 1.80. The number of rotatable bonds is 0. The molecule has 0 aliphatic heterocycles. The number of benzene rings is 2. The van der Waals surface area contributed by atoms with Crippen LogP contribution in [-0.2, 0) is 0 Å². The summed E-state index contributed by atoms with van der Waals surface area (Å²) >= 11 is 0. The molecule has 0 bridgehead atoms. The third kappa shape index (κ3) is 10.0. The lowest BCUT2D eigenvalue weighted by Crippen LogP contribution is -1.70. The summed E-state index contributed by atoms with van der Waals surface area (Å²) in [6.45, 7) is 8.39. The first kappa shape index (κ1) is 17.4. The van der Waals surface area contributed by atoms with Crippen LogP contribution in [0.5, 0.6) is 0 Å². The molecule has 0 nitrogen and oxygen atoms in total. The molecule has 2 aromatic carbocycles. The topological polar surface area (TPSA) is 0 Å². The minimum absolute atomic E-state index is 1.25. The smallest absolute Gasteiger partial charge is 0.0398 e. The summed E-state index contributed by atoms with van der Waals surface area (Å²) in [5, 5.41) is 0. The zero-order valence-electron chi connectivity index (χ0n) is 12.4. The first-order valence-electron chi connectivity index (χ1n) is 6.22. The van der Waals surface area contributed by atoms with Crippen LogP contribution in [0.15, 0.2) is 48.5 Å². The van der Waals surface area contributed by atoms with Gasteiger partial charge in [-0.15, -0.1) is 0 Å². The summed E-state index contributed by atoms with van der Waals surface area (Å²) in [5.41, 5.74) is 5.32. The second-order valence-electron chi connectivity index (χ2n) is 4.51. The molecule has 0 aliphatic carbocycles. The van der Waals surface area contributed by atoms with E-state index >= 15 is 0 Å². The van der Waals surface area contributed by atoms with Crippen LogP contribution in [0.4, 0.5) is 0 Å². The average molecular weight is 272 g/mol. The SMILES string of the molecule is C=S=C.Cc1ccc(C)cc1.Cc1ccc(C)cc1. The van der Waals surface area contributed by atoms with Gasteiger partial charge in [0.2, 0.25) is 0 Å². The van der Waals surface area contributed by atoms with Crippen molar-refractivity contribution in [3.8, 4) is 0 Å². The molecule has 0 saturated heterocycles. The minimum atomic E-state index is 1.25. The molecule has 0 saturated carbocycles.